The second kappa shape index (κ2) is 7.75. The highest BCUT2D eigenvalue weighted by Crippen LogP contribution is 2.33. The van der Waals surface area contributed by atoms with Crippen molar-refractivity contribution in [1.82, 2.24) is 4.98 Å². The Labute approximate surface area is 158 Å². The first-order valence-electron chi connectivity index (χ1n) is 8.25. The number of halogens is 3. The maximum absolute atomic E-state index is 12.4. The lowest BCUT2D eigenvalue weighted by Gasteiger charge is -2.32. The Kier molecular flexibility index (Phi) is 5.39. The Balaban J connectivity index is 1.63. The maximum atomic E-state index is 12.4. The highest BCUT2D eigenvalue weighted by atomic mass is 19.4. The van der Waals surface area contributed by atoms with Gasteiger partial charge in [-0.05, 0) is 25.1 Å². The second-order valence-electron chi connectivity index (χ2n) is 5.99. The van der Waals surface area contributed by atoms with Gasteiger partial charge in [0.1, 0.15) is 12.3 Å². The van der Waals surface area contributed by atoms with E-state index in [1.807, 2.05) is 0 Å². The number of amides is 2. The molecule has 7 nitrogen and oxygen atoms in total. The van der Waals surface area contributed by atoms with Crippen molar-refractivity contribution in [3.8, 4) is 11.6 Å². The Morgan fingerprint density at radius 1 is 1.29 bits per heavy atom. The number of pyridine rings is 1. The van der Waals surface area contributed by atoms with Gasteiger partial charge in [-0.25, -0.2) is 4.98 Å². The van der Waals surface area contributed by atoms with Gasteiger partial charge in [0, 0.05) is 6.07 Å². The van der Waals surface area contributed by atoms with E-state index >= 15 is 0 Å². The smallest absolute Gasteiger partial charge is 0.422 e. The van der Waals surface area contributed by atoms with Gasteiger partial charge in [-0.2, -0.15) is 13.2 Å². The van der Waals surface area contributed by atoms with E-state index in [1.54, 1.807) is 31.2 Å². The number of nitrogens with one attached hydrogen (secondary N) is 1. The van der Waals surface area contributed by atoms with E-state index in [1.165, 1.54) is 23.2 Å². The number of benzene rings is 1. The van der Waals surface area contributed by atoms with Crippen LogP contribution in [0, 0.1) is 0 Å². The molecule has 1 aromatic carbocycles. The van der Waals surface area contributed by atoms with Crippen LogP contribution in [0.4, 0.5) is 24.5 Å². The summed E-state index contributed by atoms with van der Waals surface area (Å²) in [5, 5.41) is 2.54. The molecular formula is C18H16F3N3O4. The van der Waals surface area contributed by atoms with Gasteiger partial charge in [-0.3, -0.25) is 14.5 Å². The molecule has 2 heterocycles. The van der Waals surface area contributed by atoms with E-state index in [0.29, 0.717) is 11.4 Å². The average molecular weight is 395 g/mol. The molecule has 3 rings (SSSR count). The molecule has 1 aliphatic heterocycles. The van der Waals surface area contributed by atoms with Crippen molar-refractivity contribution in [2.75, 3.05) is 23.4 Å². The van der Waals surface area contributed by atoms with Gasteiger partial charge in [0.2, 0.25) is 11.8 Å². The van der Waals surface area contributed by atoms with E-state index in [0.717, 1.165) is 0 Å². The largest absolute Gasteiger partial charge is 0.479 e. The number of aromatic nitrogens is 1. The monoisotopic (exact) mass is 395 g/mol. The van der Waals surface area contributed by atoms with Crippen LogP contribution in [-0.2, 0) is 9.59 Å². The summed E-state index contributed by atoms with van der Waals surface area (Å²) in [5.74, 6) is -0.581. The van der Waals surface area contributed by atoms with Crippen LogP contribution in [0.2, 0.25) is 0 Å². The Morgan fingerprint density at radius 3 is 2.71 bits per heavy atom. The third-order valence-electron chi connectivity index (χ3n) is 3.78. The Hall–Kier alpha value is -3.30. The minimum Gasteiger partial charge on any atom is -0.479 e. The molecule has 1 aromatic heterocycles. The van der Waals surface area contributed by atoms with E-state index in [-0.39, 0.29) is 24.0 Å². The van der Waals surface area contributed by atoms with Gasteiger partial charge < -0.3 is 14.8 Å². The van der Waals surface area contributed by atoms with Crippen LogP contribution in [0.25, 0.3) is 0 Å². The number of hydrogen-bond acceptors (Lipinski definition) is 5. The van der Waals surface area contributed by atoms with Crippen molar-refractivity contribution in [2.24, 2.45) is 0 Å². The molecule has 0 aliphatic carbocycles. The Bertz CT molecular complexity index is 871. The van der Waals surface area contributed by atoms with Gasteiger partial charge in [0.25, 0.3) is 5.91 Å². The lowest BCUT2D eigenvalue weighted by Crippen LogP contribution is -2.47. The van der Waals surface area contributed by atoms with E-state index in [4.69, 9.17) is 4.74 Å². The summed E-state index contributed by atoms with van der Waals surface area (Å²) >= 11 is 0. The van der Waals surface area contributed by atoms with E-state index in [2.05, 4.69) is 15.0 Å². The highest BCUT2D eigenvalue weighted by molar-refractivity contribution is 6.06. The van der Waals surface area contributed by atoms with Crippen molar-refractivity contribution in [3.63, 3.8) is 0 Å². The van der Waals surface area contributed by atoms with Crippen LogP contribution in [-0.4, -0.2) is 42.2 Å². The fourth-order valence-electron chi connectivity index (χ4n) is 2.56. The number of fused-ring (bicyclic) bond motifs is 1. The van der Waals surface area contributed by atoms with Crippen molar-refractivity contribution >= 4 is 23.2 Å². The van der Waals surface area contributed by atoms with Crippen LogP contribution in [0.1, 0.15) is 6.92 Å². The van der Waals surface area contributed by atoms with E-state index < -0.39 is 24.8 Å². The Morgan fingerprint density at radius 2 is 2.04 bits per heavy atom. The first-order chi connectivity index (χ1) is 13.2. The molecule has 1 N–H and O–H groups in total. The van der Waals surface area contributed by atoms with Crippen LogP contribution < -0.4 is 19.7 Å². The minimum atomic E-state index is -4.47. The standard InChI is InChI=1S/C18H16F3N3O4/c1-11-17(26)24(13-4-2-3-5-14(13)28-11)9-15(25)23-12-6-7-16(22-8-12)27-10-18(19,20)21/h2-8,11H,9-10H2,1H3,(H,23,25). The van der Waals surface area contributed by atoms with Crippen molar-refractivity contribution in [3.05, 3.63) is 42.6 Å². The van der Waals surface area contributed by atoms with Gasteiger partial charge >= 0.3 is 6.18 Å². The number of para-hydroxylation sites is 2. The molecule has 0 fully saturated rings. The molecule has 0 spiro atoms. The first kappa shape index (κ1) is 19.5. The average Bonchev–Trinajstić information content (AvgIpc) is 2.64. The van der Waals surface area contributed by atoms with Crippen molar-refractivity contribution in [2.45, 2.75) is 19.2 Å². The predicted molar refractivity (Wildman–Crippen MR) is 93.3 cm³/mol. The summed E-state index contributed by atoms with van der Waals surface area (Å²) in [6, 6.07) is 9.41. The van der Waals surface area contributed by atoms with Crippen molar-refractivity contribution < 1.29 is 32.2 Å². The van der Waals surface area contributed by atoms with Crippen LogP contribution in [0.15, 0.2) is 42.6 Å². The van der Waals surface area contributed by atoms with E-state index in [9.17, 15) is 22.8 Å². The number of rotatable bonds is 5. The third kappa shape index (κ3) is 4.70. The lowest BCUT2D eigenvalue weighted by atomic mass is 10.2. The summed E-state index contributed by atoms with van der Waals surface area (Å²) < 4.78 is 46.4. The number of carbonyl (C=O) groups excluding carboxylic acids is 2. The number of alkyl halides is 3. The molecular weight excluding hydrogens is 379 g/mol. The van der Waals surface area contributed by atoms with Gasteiger partial charge in [0.15, 0.2) is 12.7 Å². The van der Waals surface area contributed by atoms with Crippen LogP contribution >= 0.6 is 0 Å². The minimum absolute atomic E-state index is 0.221. The van der Waals surface area contributed by atoms with Gasteiger partial charge in [-0.1, -0.05) is 12.1 Å². The summed E-state index contributed by atoms with van der Waals surface area (Å²) in [6.07, 6.45) is -4.02. The molecule has 0 saturated carbocycles. The number of hydrogen-bond donors (Lipinski definition) is 1. The fourth-order valence-corrected chi connectivity index (χ4v) is 2.56. The highest BCUT2D eigenvalue weighted by Gasteiger charge is 2.32. The lowest BCUT2D eigenvalue weighted by molar-refractivity contribution is -0.154. The summed E-state index contributed by atoms with van der Waals surface area (Å²) in [6.45, 7) is -0.120. The zero-order chi connectivity index (χ0) is 20.3. The SMILES string of the molecule is CC1Oc2ccccc2N(CC(=O)Nc2ccc(OCC(F)(F)F)nc2)C1=O. The molecule has 1 unspecified atom stereocenters. The molecule has 10 heteroatoms. The summed E-state index contributed by atoms with van der Waals surface area (Å²) in [4.78, 5) is 29.7. The summed E-state index contributed by atoms with van der Waals surface area (Å²) in [7, 11) is 0. The van der Waals surface area contributed by atoms with Crippen LogP contribution in [0.5, 0.6) is 11.6 Å². The number of nitrogens with zero attached hydrogens (tertiary/aromatic N) is 2. The molecule has 1 aliphatic rings. The predicted octanol–water partition coefficient (Wildman–Crippen LogP) is 2.78. The quantitative estimate of drug-likeness (QED) is 0.842. The van der Waals surface area contributed by atoms with Gasteiger partial charge in [-0.15, -0.1) is 0 Å². The molecule has 1 atom stereocenters. The number of carbonyl (C=O) groups is 2. The number of anilines is 2. The topological polar surface area (TPSA) is 80.8 Å². The van der Waals surface area contributed by atoms with Gasteiger partial charge in [0.05, 0.1) is 17.6 Å². The molecule has 0 radical (unpaired) electrons. The summed E-state index contributed by atoms with van der Waals surface area (Å²) in [5.41, 5.74) is 0.737. The molecule has 148 valence electrons. The molecule has 0 saturated heterocycles. The number of ether oxygens (including phenoxy) is 2. The van der Waals surface area contributed by atoms with Crippen LogP contribution in [0.3, 0.4) is 0 Å². The molecule has 28 heavy (non-hydrogen) atoms. The third-order valence-corrected chi connectivity index (χ3v) is 3.78. The first-order valence-corrected chi connectivity index (χ1v) is 8.25. The fraction of sp³-hybridized carbons (Fsp3) is 0.278. The maximum Gasteiger partial charge on any atom is 0.422 e. The molecule has 2 aromatic rings. The zero-order valence-electron chi connectivity index (χ0n) is 14.7. The molecule has 2 amide bonds. The zero-order valence-corrected chi connectivity index (χ0v) is 14.7. The van der Waals surface area contributed by atoms with Crippen molar-refractivity contribution in [1.29, 1.82) is 0 Å². The molecule has 0 bridgehead atoms. The second-order valence-corrected chi connectivity index (χ2v) is 5.99. The normalized spacial score (nSPS) is 16.2.